The molecule has 0 unspecified atom stereocenters. The van der Waals surface area contributed by atoms with Gasteiger partial charge < -0.3 is 19.1 Å². The summed E-state index contributed by atoms with van der Waals surface area (Å²) in [5, 5.41) is 7.27. The Morgan fingerprint density at radius 3 is 1.15 bits per heavy atom. The number of thiophene rings is 2. The topological polar surface area (TPSA) is 22.9 Å². The number of benzene rings is 11. The van der Waals surface area contributed by atoms with E-state index in [-0.39, 0.29) is 0 Å². The lowest BCUT2D eigenvalue weighted by atomic mass is 10.0. The van der Waals surface area contributed by atoms with Crippen molar-refractivity contribution in [1.82, 2.24) is 0 Å². The average Bonchev–Trinajstić information content (AvgIpc) is 4.14. The first-order chi connectivity index (χ1) is 35.7. The van der Waals surface area contributed by atoms with Gasteiger partial charge >= 0.3 is 0 Å². The standard InChI is InChI=1S/C66H43N3OS2/c1-4-17-45(18-5-1)67(48-33-31-44(32-34-48)54-26-16-27-58-55-23-10-13-28-61(55)70-66(54)58)51-39-52(68(46-19-6-2-7-20-46)49-35-37-64-59(42-49)56-24-11-14-29-62(56)71-64)41-53(40-51)69(47-21-8-3-9-22-47)50-36-38-65-60(43-50)57-25-12-15-30-63(57)72-65/h1-43H. The van der Waals surface area contributed by atoms with Crippen LogP contribution in [0.4, 0.5) is 51.2 Å². The van der Waals surface area contributed by atoms with Crippen LogP contribution in [-0.2, 0) is 0 Å². The van der Waals surface area contributed by atoms with E-state index in [0.29, 0.717) is 0 Å². The molecule has 14 aromatic rings. The van der Waals surface area contributed by atoms with Crippen molar-refractivity contribution < 1.29 is 4.42 Å². The molecular weight excluding hydrogens is 915 g/mol. The van der Waals surface area contributed by atoms with E-state index in [1.54, 1.807) is 0 Å². The zero-order valence-corrected chi connectivity index (χ0v) is 40.5. The van der Waals surface area contributed by atoms with Gasteiger partial charge in [-0.1, -0.05) is 140 Å². The molecule has 72 heavy (non-hydrogen) atoms. The fourth-order valence-electron chi connectivity index (χ4n) is 10.5. The molecule has 0 N–H and O–H groups in total. The van der Waals surface area contributed by atoms with Crippen molar-refractivity contribution in [3.63, 3.8) is 0 Å². The van der Waals surface area contributed by atoms with Crippen molar-refractivity contribution in [2.24, 2.45) is 0 Å². The Hall–Kier alpha value is -8.94. The molecule has 6 heteroatoms. The van der Waals surface area contributed by atoms with Crippen LogP contribution in [0.1, 0.15) is 0 Å². The molecule has 11 aromatic carbocycles. The second-order valence-corrected chi connectivity index (χ2v) is 20.3. The second kappa shape index (κ2) is 17.5. The van der Waals surface area contributed by atoms with Crippen molar-refractivity contribution in [1.29, 1.82) is 0 Å². The Kier molecular flexibility index (Phi) is 10.2. The number of nitrogens with zero attached hydrogens (tertiary/aromatic N) is 3. The van der Waals surface area contributed by atoms with Crippen LogP contribution in [0.15, 0.2) is 265 Å². The molecule has 14 rings (SSSR count). The highest BCUT2D eigenvalue weighted by atomic mass is 32.1. The number of para-hydroxylation sites is 5. The second-order valence-electron chi connectivity index (χ2n) is 18.1. The summed E-state index contributed by atoms with van der Waals surface area (Å²) in [5.41, 5.74) is 13.3. The lowest BCUT2D eigenvalue weighted by molar-refractivity contribution is 0.670. The summed E-state index contributed by atoms with van der Waals surface area (Å²) in [4.78, 5) is 7.21. The summed E-state index contributed by atoms with van der Waals surface area (Å²) < 4.78 is 11.6. The largest absolute Gasteiger partial charge is 0.455 e. The number of hydrogen-bond donors (Lipinski definition) is 0. The van der Waals surface area contributed by atoms with E-state index >= 15 is 0 Å². The predicted octanol–water partition coefficient (Wildman–Crippen LogP) is 20.4. The molecule has 3 aromatic heterocycles. The number of anilines is 9. The molecule has 0 spiro atoms. The number of fused-ring (bicyclic) bond motifs is 9. The van der Waals surface area contributed by atoms with Crippen LogP contribution >= 0.6 is 22.7 Å². The highest BCUT2D eigenvalue weighted by Crippen LogP contribution is 2.48. The summed E-state index contributed by atoms with van der Waals surface area (Å²) in [7, 11) is 0. The lowest BCUT2D eigenvalue weighted by Gasteiger charge is -2.33. The van der Waals surface area contributed by atoms with Gasteiger partial charge in [0.25, 0.3) is 0 Å². The number of rotatable bonds is 10. The van der Waals surface area contributed by atoms with Gasteiger partial charge in [-0.05, 0) is 127 Å². The maximum atomic E-state index is 6.53. The molecule has 0 aliphatic carbocycles. The molecule has 0 saturated heterocycles. The SMILES string of the molecule is c1ccc(N(c2ccc(-c3cccc4c3oc3ccccc34)cc2)c2cc(N(c3ccccc3)c3ccc4sc5ccccc5c4c3)cc(N(c3ccccc3)c3ccc4sc5ccccc5c4c3)c2)cc1. The van der Waals surface area contributed by atoms with Gasteiger partial charge in [0.15, 0.2) is 0 Å². The summed E-state index contributed by atoms with van der Waals surface area (Å²) in [5.74, 6) is 0. The van der Waals surface area contributed by atoms with Crippen LogP contribution in [0.25, 0.3) is 73.4 Å². The number of furan rings is 1. The van der Waals surface area contributed by atoms with E-state index in [1.165, 1.54) is 40.3 Å². The first kappa shape index (κ1) is 42.0. The molecule has 0 radical (unpaired) electrons. The molecule has 4 nitrogen and oxygen atoms in total. The Bertz CT molecular complexity index is 4120. The lowest BCUT2D eigenvalue weighted by Crippen LogP contribution is -2.16. The van der Waals surface area contributed by atoms with E-state index in [9.17, 15) is 0 Å². The first-order valence-electron chi connectivity index (χ1n) is 24.2. The Morgan fingerprint density at radius 2 is 0.639 bits per heavy atom. The van der Waals surface area contributed by atoms with Gasteiger partial charge in [0.1, 0.15) is 11.2 Å². The van der Waals surface area contributed by atoms with E-state index < -0.39 is 0 Å². The fraction of sp³-hybridized carbons (Fsp3) is 0. The summed E-state index contributed by atoms with van der Waals surface area (Å²) in [6.07, 6.45) is 0. The molecule has 340 valence electrons. The van der Waals surface area contributed by atoms with Gasteiger partial charge in [0.2, 0.25) is 0 Å². The van der Waals surface area contributed by atoms with Crippen molar-refractivity contribution in [2.45, 2.75) is 0 Å². The molecule has 0 amide bonds. The van der Waals surface area contributed by atoms with Gasteiger partial charge in [0.05, 0.1) is 17.1 Å². The molecule has 0 saturated carbocycles. The van der Waals surface area contributed by atoms with Crippen LogP contribution in [0.3, 0.4) is 0 Å². The van der Waals surface area contributed by atoms with E-state index in [4.69, 9.17) is 4.42 Å². The van der Waals surface area contributed by atoms with Crippen LogP contribution < -0.4 is 14.7 Å². The maximum Gasteiger partial charge on any atom is 0.143 e. The van der Waals surface area contributed by atoms with Crippen LogP contribution in [0.2, 0.25) is 0 Å². The minimum absolute atomic E-state index is 0.892. The van der Waals surface area contributed by atoms with E-state index in [2.05, 4.69) is 263 Å². The van der Waals surface area contributed by atoms with Crippen molar-refractivity contribution >= 4 is 136 Å². The van der Waals surface area contributed by atoms with Crippen LogP contribution in [-0.4, -0.2) is 0 Å². The summed E-state index contributed by atoms with van der Waals surface area (Å²) in [6.45, 7) is 0. The molecule has 0 atom stereocenters. The molecule has 0 bridgehead atoms. The Balaban J connectivity index is 1.01. The van der Waals surface area contributed by atoms with Crippen molar-refractivity contribution in [3.8, 4) is 11.1 Å². The zero-order valence-electron chi connectivity index (χ0n) is 38.9. The van der Waals surface area contributed by atoms with E-state index in [0.717, 1.165) is 84.3 Å². The monoisotopic (exact) mass is 957 g/mol. The van der Waals surface area contributed by atoms with Gasteiger partial charge in [-0.3, -0.25) is 0 Å². The maximum absolute atomic E-state index is 6.53. The van der Waals surface area contributed by atoms with Gasteiger partial charge in [0, 0.05) is 90.8 Å². The zero-order chi connectivity index (χ0) is 47.5. The third-order valence-corrected chi connectivity index (χ3v) is 16.1. The van der Waals surface area contributed by atoms with E-state index in [1.807, 2.05) is 34.8 Å². The van der Waals surface area contributed by atoms with Crippen LogP contribution in [0, 0.1) is 0 Å². The average molecular weight is 958 g/mol. The molecule has 0 fully saturated rings. The summed E-state index contributed by atoms with van der Waals surface area (Å²) in [6, 6.07) is 94.4. The van der Waals surface area contributed by atoms with Crippen molar-refractivity contribution in [3.05, 3.63) is 261 Å². The van der Waals surface area contributed by atoms with Crippen molar-refractivity contribution in [2.75, 3.05) is 14.7 Å². The predicted molar refractivity (Wildman–Crippen MR) is 309 cm³/mol. The smallest absolute Gasteiger partial charge is 0.143 e. The molecule has 3 heterocycles. The highest BCUT2D eigenvalue weighted by molar-refractivity contribution is 7.26. The third-order valence-electron chi connectivity index (χ3n) is 13.8. The fourth-order valence-corrected chi connectivity index (χ4v) is 12.7. The highest BCUT2D eigenvalue weighted by Gasteiger charge is 2.24. The Morgan fingerprint density at radius 1 is 0.250 bits per heavy atom. The van der Waals surface area contributed by atoms with Gasteiger partial charge in [-0.2, -0.15) is 0 Å². The molecule has 0 aliphatic heterocycles. The minimum Gasteiger partial charge on any atom is -0.455 e. The Labute approximate surface area is 424 Å². The number of hydrogen-bond acceptors (Lipinski definition) is 6. The van der Waals surface area contributed by atoms with Crippen LogP contribution in [0.5, 0.6) is 0 Å². The third kappa shape index (κ3) is 7.27. The normalized spacial score (nSPS) is 11.6. The summed E-state index contributed by atoms with van der Waals surface area (Å²) >= 11 is 3.69. The van der Waals surface area contributed by atoms with Gasteiger partial charge in [-0.25, -0.2) is 0 Å². The minimum atomic E-state index is 0.892. The molecular formula is C66H43N3OS2. The molecule has 0 aliphatic rings. The first-order valence-corrected chi connectivity index (χ1v) is 25.9. The van der Waals surface area contributed by atoms with Gasteiger partial charge in [-0.15, -0.1) is 22.7 Å². The quantitative estimate of drug-likeness (QED) is 0.136.